The number of nitro groups is 1. The van der Waals surface area contributed by atoms with Gasteiger partial charge < -0.3 is 5.32 Å². The molecule has 4 rings (SSSR count). The number of nitro benzene ring substituents is 1. The van der Waals surface area contributed by atoms with Crippen molar-refractivity contribution in [1.29, 1.82) is 0 Å². The van der Waals surface area contributed by atoms with Gasteiger partial charge >= 0.3 is 0 Å². The van der Waals surface area contributed by atoms with Crippen LogP contribution in [0.15, 0.2) is 48.6 Å². The van der Waals surface area contributed by atoms with E-state index < -0.39 is 0 Å². The maximum Gasteiger partial charge on any atom is 0.269 e. The molecule has 1 heterocycles. The highest BCUT2D eigenvalue weighted by Gasteiger charge is 2.39. The summed E-state index contributed by atoms with van der Waals surface area (Å²) in [5.74, 6) is 0.645. The number of nitrogens with one attached hydrogen (secondary N) is 1. The number of rotatable bonds is 2. The molecule has 24 heavy (non-hydrogen) atoms. The molecule has 0 unspecified atom stereocenters. The van der Waals surface area contributed by atoms with E-state index in [1.54, 1.807) is 12.1 Å². The van der Waals surface area contributed by atoms with Crippen LogP contribution in [0.5, 0.6) is 0 Å². The van der Waals surface area contributed by atoms with E-state index in [1.807, 2.05) is 6.07 Å². The molecule has 1 aliphatic carbocycles. The molecule has 2 aromatic carbocycles. The molecule has 1 N–H and O–H groups in total. The molecule has 0 aromatic heterocycles. The topological polar surface area (TPSA) is 55.2 Å². The third-order valence-electron chi connectivity index (χ3n) is 5.33. The summed E-state index contributed by atoms with van der Waals surface area (Å²) in [4.78, 5) is 10.8. The van der Waals surface area contributed by atoms with Crippen LogP contribution in [0.2, 0.25) is 0 Å². The third kappa shape index (κ3) is 2.30. The molecule has 2 aliphatic rings. The summed E-state index contributed by atoms with van der Waals surface area (Å²) in [5.41, 5.74) is 6.10. The summed E-state index contributed by atoms with van der Waals surface area (Å²) in [7, 11) is 0. The van der Waals surface area contributed by atoms with Gasteiger partial charge in [0.05, 0.1) is 11.0 Å². The normalized spacial score (nSPS) is 24.2. The lowest BCUT2D eigenvalue weighted by Crippen LogP contribution is -2.29. The lowest BCUT2D eigenvalue weighted by molar-refractivity contribution is -0.384. The van der Waals surface area contributed by atoms with Crippen LogP contribution in [-0.4, -0.2) is 4.92 Å². The average Bonchev–Trinajstić information content (AvgIpc) is 3.06. The second-order valence-corrected chi connectivity index (χ2v) is 6.86. The van der Waals surface area contributed by atoms with E-state index in [2.05, 4.69) is 49.5 Å². The van der Waals surface area contributed by atoms with Crippen molar-refractivity contribution in [3.8, 4) is 0 Å². The summed E-state index contributed by atoms with van der Waals surface area (Å²) >= 11 is 0. The maximum atomic E-state index is 11.1. The second-order valence-electron chi connectivity index (χ2n) is 6.86. The van der Waals surface area contributed by atoms with Crippen molar-refractivity contribution in [2.45, 2.75) is 32.2 Å². The number of allylic oxidation sites excluding steroid dienone is 2. The zero-order valence-corrected chi connectivity index (χ0v) is 13.8. The monoisotopic (exact) mass is 320 g/mol. The van der Waals surface area contributed by atoms with Crippen molar-refractivity contribution in [3.05, 3.63) is 80.9 Å². The first-order valence-electron chi connectivity index (χ1n) is 8.33. The number of hydrogen-bond donors (Lipinski definition) is 1. The molecule has 4 heteroatoms. The molecule has 0 amide bonds. The first-order chi connectivity index (χ1) is 11.5. The average molecular weight is 320 g/mol. The first-order valence-corrected chi connectivity index (χ1v) is 8.33. The Kier molecular flexibility index (Phi) is 3.41. The maximum absolute atomic E-state index is 11.1. The third-order valence-corrected chi connectivity index (χ3v) is 5.33. The fraction of sp³-hybridized carbons (Fsp3) is 0.300. The van der Waals surface area contributed by atoms with Gasteiger partial charge in [0.2, 0.25) is 0 Å². The lowest BCUT2D eigenvalue weighted by Gasteiger charge is -2.38. The van der Waals surface area contributed by atoms with E-state index in [9.17, 15) is 10.1 Å². The summed E-state index contributed by atoms with van der Waals surface area (Å²) in [6, 6.07) is 12.0. The van der Waals surface area contributed by atoms with Gasteiger partial charge in [0.25, 0.3) is 5.69 Å². The van der Waals surface area contributed by atoms with Gasteiger partial charge in [-0.05, 0) is 48.9 Å². The van der Waals surface area contributed by atoms with Crippen molar-refractivity contribution in [2.24, 2.45) is 5.92 Å². The standard InChI is InChI=1S/C20H20N2O2/c1-12-6-7-13(2)17(10-12)20-16-5-3-4-15(16)18-11-14(22(23)24)8-9-19(18)21-20/h3-4,6-11,15-16,20-21H,5H2,1-2H3/t15-,16+,20-/m1/s1. The molecule has 3 atom stereocenters. The highest BCUT2D eigenvalue weighted by molar-refractivity contribution is 5.63. The Labute approximate surface area is 141 Å². The number of anilines is 1. The first kappa shape index (κ1) is 14.9. The molecule has 0 saturated carbocycles. The number of nitrogens with zero attached hydrogens (tertiary/aromatic N) is 1. The van der Waals surface area contributed by atoms with Gasteiger partial charge in [-0.2, -0.15) is 0 Å². The Balaban J connectivity index is 1.81. The Morgan fingerprint density at radius 2 is 1.96 bits per heavy atom. The van der Waals surface area contributed by atoms with Gasteiger partial charge in [-0.25, -0.2) is 0 Å². The summed E-state index contributed by atoms with van der Waals surface area (Å²) in [5, 5.41) is 14.8. The molecule has 1 aliphatic heterocycles. The number of non-ortho nitro benzene ring substituents is 1. The lowest BCUT2D eigenvalue weighted by atomic mass is 9.76. The minimum atomic E-state index is -0.315. The number of aryl methyl sites for hydroxylation is 2. The smallest absolute Gasteiger partial charge is 0.269 e. The summed E-state index contributed by atoms with van der Waals surface area (Å²) < 4.78 is 0. The van der Waals surface area contributed by atoms with Crippen molar-refractivity contribution >= 4 is 11.4 Å². The quantitative estimate of drug-likeness (QED) is 0.479. The fourth-order valence-corrected chi connectivity index (χ4v) is 4.10. The number of benzene rings is 2. The van der Waals surface area contributed by atoms with Crippen molar-refractivity contribution < 1.29 is 4.92 Å². The molecule has 2 aromatic rings. The van der Waals surface area contributed by atoms with E-state index >= 15 is 0 Å². The molecule has 0 bridgehead atoms. The summed E-state index contributed by atoms with van der Waals surface area (Å²) in [6.07, 6.45) is 5.42. The second kappa shape index (κ2) is 5.48. The molecule has 122 valence electrons. The molecule has 0 radical (unpaired) electrons. The van der Waals surface area contributed by atoms with Crippen LogP contribution in [0.1, 0.15) is 40.6 Å². The largest absolute Gasteiger partial charge is 0.378 e. The van der Waals surface area contributed by atoms with Gasteiger partial charge in [0.1, 0.15) is 0 Å². The van der Waals surface area contributed by atoms with Crippen LogP contribution in [0.25, 0.3) is 0 Å². The Bertz CT molecular complexity index is 857. The van der Waals surface area contributed by atoms with E-state index in [0.717, 1.165) is 17.7 Å². The predicted molar refractivity (Wildman–Crippen MR) is 95.4 cm³/mol. The van der Waals surface area contributed by atoms with Crippen LogP contribution in [0, 0.1) is 29.9 Å². The predicted octanol–water partition coefficient (Wildman–Crippen LogP) is 5.04. The minimum absolute atomic E-state index is 0.166. The molecular formula is C20H20N2O2. The molecule has 4 nitrogen and oxygen atoms in total. The fourth-order valence-electron chi connectivity index (χ4n) is 4.10. The van der Waals surface area contributed by atoms with Crippen LogP contribution >= 0.6 is 0 Å². The van der Waals surface area contributed by atoms with Crippen LogP contribution in [-0.2, 0) is 0 Å². The highest BCUT2D eigenvalue weighted by atomic mass is 16.6. The van der Waals surface area contributed by atoms with Gasteiger partial charge in [0, 0.05) is 23.7 Å². The SMILES string of the molecule is Cc1ccc(C)c([C@@H]2Nc3ccc([N+](=O)[O-])cc3[C@@H]3C=CC[C@@H]32)c1. The minimum Gasteiger partial charge on any atom is -0.378 e. The van der Waals surface area contributed by atoms with Crippen molar-refractivity contribution in [2.75, 3.05) is 5.32 Å². The zero-order chi connectivity index (χ0) is 16.8. The van der Waals surface area contributed by atoms with Crippen LogP contribution in [0.4, 0.5) is 11.4 Å². The van der Waals surface area contributed by atoms with Gasteiger partial charge in [-0.1, -0.05) is 35.9 Å². The van der Waals surface area contributed by atoms with Crippen LogP contribution < -0.4 is 5.32 Å². The van der Waals surface area contributed by atoms with Gasteiger partial charge in [-0.3, -0.25) is 10.1 Å². The Morgan fingerprint density at radius 3 is 2.75 bits per heavy atom. The van der Waals surface area contributed by atoms with E-state index in [0.29, 0.717) is 5.92 Å². The van der Waals surface area contributed by atoms with E-state index in [4.69, 9.17) is 0 Å². The summed E-state index contributed by atoms with van der Waals surface area (Å²) in [6.45, 7) is 4.27. The molecule has 0 fully saturated rings. The van der Waals surface area contributed by atoms with Crippen molar-refractivity contribution in [3.63, 3.8) is 0 Å². The number of fused-ring (bicyclic) bond motifs is 3. The highest BCUT2D eigenvalue weighted by Crippen LogP contribution is 2.50. The zero-order valence-electron chi connectivity index (χ0n) is 13.8. The van der Waals surface area contributed by atoms with Gasteiger partial charge in [-0.15, -0.1) is 0 Å². The van der Waals surface area contributed by atoms with Crippen LogP contribution in [0.3, 0.4) is 0 Å². The Morgan fingerprint density at radius 1 is 1.12 bits per heavy atom. The molecule has 0 spiro atoms. The van der Waals surface area contributed by atoms with Crippen molar-refractivity contribution in [1.82, 2.24) is 0 Å². The molecule has 0 saturated heterocycles. The van der Waals surface area contributed by atoms with E-state index in [-0.39, 0.29) is 22.6 Å². The number of hydrogen-bond acceptors (Lipinski definition) is 3. The van der Waals surface area contributed by atoms with E-state index in [1.165, 1.54) is 16.7 Å². The van der Waals surface area contributed by atoms with Gasteiger partial charge in [0.15, 0.2) is 0 Å². The molecular weight excluding hydrogens is 300 g/mol. The Hall–Kier alpha value is -2.62.